The van der Waals surface area contributed by atoms with E-state index in [-0.39, 0.29) is 12.1 Å². The molecule has 1 heterocycles. The monoisotopic (exact) mass is 291 g/mol. The van der Waals surface area contributed by atoms with Crippen molar-refractivity contribution in [2.24, 2.45) is 5.73 Å². The van der Waals surface area contributed by atoms with Gasteiger partial charge in [-0.25, -0.2) is 0 Å². The Labute approximate surface area is 128 Å². The summed E-state index contributed by atoms with van der Waals surface area (Å²) >= 11 is 0. The zero-order chi connectivity index (χ0) is 15.4. The third-order valence-electron chi connectivity index (χ3n) is 4.17. The summed E-state index contributed by atoms with van der Waals surface area (Å²) in [7, 11) is 4.35. The maximum Gasteiger partial charge on any atom is 0.124 e. The van der Waals surface area contributed by atoms with Crippen LogP contribution in [0.25, 0.3) is 0 Å². The standard InChI is InChI=1S/C17H29N3O/c1-13(2)21-16-9-6-5-8-14(16)17(18)15-12-19(3)10-7-11-20(15)4/h5-6,8-9,13,15,17H,7,10-12,18H2,1-4H3. The molecule has 2 rings (SSSR count). The van der Waals surface area contributed by atoms with E-state index in [4.69, 9.17) is 10.5 Å². The second kappa shape index (κ2) is 7.25. The first-order chi connectivity index (χ1) is 9.99. The molecule has 2 unspecified atom stereocenters. The van der Waals surface area contributed by atoms with E-state index in [1.807, 2.05) is 32.0 Å². The van der Waals surface area contributed by atoms with Crippen molar-refractivity contribution in [3.63, 3.8) is 0 Å². The van der Waals surface area contributed by atoms with Gasteiger partial charge in [0.05, 0.1) is 12.1 Å². The van der Waals surface area contributed by atoms with Gasteiger partial charge in [0.25, 0.3) is 0 Å². The van der Waals surface area contributed by atoms with Gasteiger partial charge < -0.3 is 20.3 Å². The van der Waals surface area contributed by atoms with E-state index in [0.29, 0.717) is 6.04 Å². The first-order valence-electron chi connectivity index (χ1n) is 7.89. The summed E-state index contributed by atoms with van der Waals surface area (Å²) in [5.41, 5.74) is 7.73. The van der Waals surface area contributed by atoms with E-state index in [2.05, 4.69) is 30.0 Å². The highest BCUT2D eigenvalue weighted by Crippen LogP contribution is 2.29. The minimum atomic E-state index is -0.0366. The Bertz CT molecular complexity index is 449. The lowest BCUT2D eigenvalue weighted by atomic mass is 9.98. The lowest BCUT2D eigenvalue weighted by Crippen LogP contribution is -2.45. The minimum Gasteiger partial charge on any atom is -0.491 e. The van der Waals surface area contributed by atoms with Crippen LogP contribution in [-0.2, 0) is 0 Å². The molecule has 118 valence electrons. The first kappa shape index (κ1) is 16.3. The molecule has 0 spiro atoms. The summed E-state index contributed by atoms with van der Waals surface area (Å²) in [4.78, 5) is 4.76. The average molecular weight is 291 g/mol. The van der Waals surface area contributed by atoms with Gasteiger partial charge in [0.2, 0.25) is 0 Å². The molecule has 0 bridgehead atoms. The molecule has 4 nitrogen and oxygen atoms in total. The molecule has 0 saturated carbocycles. The Morgan fingerprint density at radius 1 is 1.19 bits per heavy atom. The molecular formula is C17H29N3O. The topological polar surface area (TPSA) is 41.7 Å². The molecule has 0 amide bonds. The van der Waals surface area contributed by atoms with Gasteiger partial charge >= 0.3 is 0 Å². The van der Waals surface area contributed by atoms with E-state index in [1.54, 1.807) is 0 Å². The molecule has 1 saturated heterocycles. The van der Waals surface area contributed by atoms with Crippen LogP contribution in [0.2, 0.25) is 0 Å². The fourth-order valence-corrected chi connectivity index (χ4v) is 3.02. The van der Waals surface area contributed by atoms with Crippen LogP contribution in [0.3, 0.4) is 0 Å². The highest BCUT2D eigenvalue weighted by Gasteiger charge is 2.28. The van der Waals surface area contributed by atoms with Crippen molar-refractivity contribution in [3.05, 3.63) is 29.8 Å². The van der Waals surface area contributed by atoms with Crippen molar-refractivity contribution in [1.82, 2.24) is 9.80 Å². The van der Waals surface area contributed by atoms with Crippen LogP contribution in [-0.4, -0.2) is 55.7 Å². The second-order valence-corrected chi connectivity index (χ2v) is 6.39. The molecule has 0 aliphatic carbocycles. The van der Waals surface area contributed by atoms with Crippen molar-refractivity contribution in [3.8, 4) is 5.75 Å². The van der Waals surface area contributed by atoms with Gasteiger partial charge in [-0.1, -0.05) is 18.2 Å². The van der Waals surface area contributed by atoms with E-state index in [1.165, 1.54) is 6.42 Å². The SMILES string of the molecule is CC(C)Oc1ccccc1C(N)C1CN(C)CCCN1C. The minimum absolute atomic E-state index is 0.0366. The molecule has 1 aliphatic heterocycles. The van der Waals surface area contributed by atoms with Gasteiger partial charge in [0, 0.05) is 18.2 Å². The fourth-order valence-electron chi connectivity index (χ4n) is 3.02. The summed E-state index contributed by atoms with van der Waals surface area (Å²) in [6.07, 6.45) is 1.35. The molecule has 1 fully saturated rings. The predicted molar refractivity (Wildman–Crippen MR) is 87.7 cm³/mol. The number of hydrogen-bond donors (Lipinski definition) is 1. The van der Waals surface area contributed by atoms with E-state index in [9.17, 15) is 0 Å². The smallest absolute Gasteiger partial charge is 0.124 e. The van der Waals surface area contributed by atoms with Crippen molar-refractivity contribution in [2.75, 3.05) is 33.7 Å². The number of para-hydroxylation sites is 1. The zero-order valence-corrected chi connectivity index (χ0v) is 13.7. The lowest BCUT2D eigenvalue weighted by molar-refractivity contribution is 0.189. The predicted octanol–water partition coefficient (Wildman–Crippen LogP) is 2.11. The average Bonchev–Trinajstić information content (AvgIpc) is 2.59. The Kier molecular flexibility index (Phi) is 5.62. The molecule has 21 heavy (non-hydrogen) atoms. The quantitative estimate of drug-likeness (QED) is 0.922. The summed E-state index contributed by atoms with van der Waals surface area (Å²) in [6.45, 7) is 7.32. The lowest BCUT2D eigenvalue weighted by Gasteiger charge is -2.33. The molecule has 1 aromatic carbocycles. The van der Waals surface area contributed by atoms with Crippen LogP contribution in [0.15, 0.2) is 24.3 Å². The van der Waals surface area contributed by atoms with Gasteiger partial charge in [0.15, 0.2) is 0 Å². The van der Waals surface area contributed by atoms with Gasteiger partial charge in [-0.05, 0) is 53.5 Å². The third-order valence-corrected chi connectivity index (χ3v) is 4.17. The van der Waals surface area contributed by atoms with Gasteiger partial charge in [0.1, 0.15) is 5.75 Å². The highest BCUT2D eigenvalue weighted by atomic mass is 16.5. The summed E-state index contributed by atoms with van der Waals surface area (Å²) in [6, 6.07) is 8.45. The van der Waals surface area contributed by atoms with Crippen LogP contribution in [0.5, 0.6) is 5.75 Å². The molecule has 0 aromatic heterocycles. The number of benzene rings is 1. The Balaban J connectivity index is 2.23. The highest BCUT2D eigenvalue weighted by molar-refractivity contribution is 5.37. The molecule has 1 aliphatic rings. The number of ether oxygens (including phenoxy) is 1. The third kappa shape index (κ3) is 4.19. The number of rotatable bonds is 4. The summed E-state index contributed by atoms with van der Waals surface area (Å²) < 4.78 is 5.94. The van der Waals surface area contributed by atoms with Crippen molar-refractivity contribution < 1.29 is 4.74 Å². The number of likely N-dealkylation sites (N-methyl/N-ethyl adjacent to an activating group) is 2. The normalized spacial score (nSPS) is 23.0. The molecule has 1 aromatic rings. The molecule has 4 heteroatoms. The zero-order valence-electron chi connectivity index (χ0n) is 13.7. The number of nitrogens with zero attached hydrogens (tertiary/aromatic N) is 2. The largest absolute Gasteiger partial charge is 0.491 e. The van der Waals surface area contributed by atoms with Crippen LogP contribution in [0.1, 0.15) is 31.9 Å². The summed E-state index contributed by atoms with van der Waals surface area (Å²) in [5.74, 6) is 0.917. The van der Waals surface area contributed by atoms with Crippen molar-refractivity contribution >= 4 is 0 Å². The van der Waals surface area contributed by atoms with E-state index < -0.39 is 0 Å². The van der Waals surface area contributed by atoms with Crippen LogP contribution < -0.4 is 10.5 Å². The first-order valence-corrected chi connectivity index (χ1v) is 7.89. The number of nitrogens with two attached hydrogens (primary N) is 1. The van der Waals surface area contributed by atoms with Gasteiger partial charge in [-0.3, -0.25) is 0 Å². The van der Waals surface area contributed by atoms with E-state index in [0.717, 1.165) is 30.9 Å². The maximum absolute atomic E-state index is 6.62. The molecular weight excluding hydrogens is 262 g/mol. The van der Waals surface area contributed by atoms with Gasteiger partial charge in [-0.15, -0.1) is 0 Å². The fraction of sp³-hybridized carbons (Fsp3) is 0.647. The van der Waals surface area contributed by atoms with Crippen LogP contribution >= 0.6 is 0 Å². The van der Waals surface area contributed by atoms with Crippen LogP contribution in [0.4, 0.5) is 0 Å². The second-order valence-electron chi connectivity index (χ2n) is 6.39. The molecule has 0 radical (unpaired) electrons. The summed E-state index contributed by atoms with van der Waals surface area (Å²) in [5, 5.41) is 0. The molecule has 2 atom stereocenters. The van der Waals surface area contributed by atoms with E-state index >= 15 is 0 Å². The van der Waals surface area contributed by atoms with Crippen molar-refractivity contribution in [2.45, 2.75) is 38.5 Å². The number of hydrogen-bond acceptors (Lipinski definition) is 4. The van der Waals surface area contributed by atoms with Crippen molar-refractivity contribution in [1.29, 1.82) is 0 Å². The Hall–Kier alpha value is -1.10. The maximum atomic E-state index is 6.62. The molecule has 2 N–H and O–H groups in total. The Morgan fingerprint density at radius 2 is 1.90 bits per heavy atom. The van der Waals surface area contributed by atoms with Crippen LogP contribution in [0, 0.1) is 0 Å². The Morgan fingerprint density at radius 3 is 2.62 bits per heavy atom. The van der Waals surface area contributed by atoms with Gasteiger partial charge in [-0.2, -0.15) is 0 Å².